The highest BCUT2D eigenvalue weighted by atomic mass is 32.2. The molecule has 0 bridgehead atoms. The maximum absolute atomic E-state index is 13.4. The largest absolute Gasteiger partial charge is 0.366 e. The summed E-state index contributed by atoms with van der Waals surface area (Å²) in [5, 5.41) is 0. The van der Waals surface area contributed by atoms with E-state index in [9.17, 15) is 4.39 Å². The number of nitrogens with zero attached hydrogens (tertiary/aromatic N) is 2. The second kappa shape index (κ2) is 8.16. The van der Waals surface area contributed by atoms with Gasteiger partial charge in [0.1, 0.15) is 5.82 Å². The Morgan fingerprint density at radius 2 is 2.04 bits per heavy atom. The van der Waals surface area contributed by atoms with Crippen molar-refractivity contribution in [3.63, 3.8) is 0 Å². The van der Waals surface area contributed by atoms with Crippen LogP contribution in [-0.2, 0) is 6.42 Å². The van der Waals surface area contributed by atoms with Gasteiger partial charge in [-0.25, -0.2) is 9.38 Å². The van der Waals surface area contributed by atoms with Crippen molar-refractivity contribution >= 4 is 23.8 Å². The summed E-state index contributed by atoms with van der Waals surface area (Å²) in [6.07, 6.45) is 4.63. The fourth-order valence-corrected chi connectivity index (χ4v) is 3.11. The van der Waals surface area contributed by atoms with Crippen molar-refractivity contribution in [1.29, 1.82) is 0 Å². The van der Waals surface area contributed by atoms with E-state index in [-0.39, 0.29) is 5.82 Å². The number of thioether (sulfide) groups is 1. The Balaban J connectivity index is 2.39. The number of halogens is 1. The zero-order valence-corrected chi connectivity index (χ0v) is 15.0. The van der Waals surface area contributed by atoms with Gasteiger partial charge in [0.25, 0.3) is 0 Å². The van der Waals surface area contributed by atoms with Crippen LogP contribution in [0.4, 0.5) is 10.1 Å². The molecule has 0 radical (unpaired) electrons. The van der Waals surface area contributed by atoms with E-state index in [1.54, 1.807) is 23.9 Å². The minimum absolute atomic E-state index is 0.191. The molecule has 0 aliphatic carbocycles. The van der Waals surface area contributed by atoms with Gasteiger partial charge >= 0.3 is 0 Å². The Kier molecular flexibility index (Phi) is 6.22. The average molecular weight is 330 g/mol. The summed E-state index contributed by atoms with van der Waals surface area (Å²) < 4.78 is 13.4. The Bertz CT molecular complexity index is 698. The van der Waals surface area contributed by atoms with Crippen molar-refractivity contribution in [3.8, 4) is 0 Å². The molecule has 0 N–H and O–H groups in total. The van der Waals surface area contributed by atoms with Crippen molar-refractivity contribution in [2.45, 2.75) is 25.2 Å². The van der Waals surface area contributed by atoms with Crippen LogP contribution in [0.5, 0.6) is 0 Å². The highest BCUT2D eigenvalue weighted by Gasteiger charge is 2.10. The molecule has 0 aliphatic rings. The molecule has 0 saturated carbocycles. The van der Waals surface area contributed by atoms with E-state index in [0.29, 0.717) is 6.42 Å². The first kappa shape index (κ1) is 17.5. The summed E-state index contributed by atoms with van der Waals surface area (Å²) in [6, 6.07) is 11.1. The lowest BCUT2D eigenvalue weighted by Gasteiger charge is -2.14. The molecule has 122 valence electrons. The average Bonchev–Trinajstić information content (AvgIpc) is 2.52. The van der Waals surface area contributed by atoms with E-state index in [1.807, 2.05) is 24.4 Å². The standard InChI is InChI=1S/C19H23FN2S/c1-5-22(3)13-21-18-10-14(2)9-16(19(18)23-4)11-15-7-6-8-17(20)12-15/h6-10,12-13H,5,11H2,1-4H3/b21-13+. The molecule has 0 unspecified atom stereocenters. The molecule has 4 heteroatoms. The first-order valence-corrected chi connectivity index (χ1v) is 8.92. The van der Waals surface area contributed by atoms with Gasteiger partial charge < -0.3 is 4.90 Å². The van der Waals surface area contributed by atoms with Gasteiger partial charge in [0, 0.05) is 18.5 Å². The van der Waals surface area contributed by atoms with Gasteiger partial charge in [-0.05, 0) is 61.4 Å². The highest BCUT2D eigenvalue weighted by Crippen LogP contribution is 2.34. The van der Waals surface area contributed by atoms with Gasteiger partial charge in [-0.15, -0.1) is 11.8 Å². The van der Waals surface area contributed by atoms with Gasteiger partial charge in [0.05, 0.1) is 12.0 Å². The van der Waals surface area contributed by atoms with Crippen molar-refractivity contribution in [2.24, 2.45) is 4.99 Å². The molecule has 0 aromatic heterocycles. The van der Waals surface area contributed by atoms with Gasteiger partial charge in [-0.2, -0.15) is 0 Å². The minimum Gasteiger partial charge on any atom is -0.366 e. The van der Waals surface area contributed by atoms with Gasteiger partial charge in [-0.1, -0.05) is 18.2 Å². The third-order valence-corrected chi connectivity index (χ3v) is 4.55. The van der Waals surface area contributed by atoms with E-state index in [1.165, 1.54) is 17.2 Å². The third-order valence-electron chi connectivity index (χ3n) is 3.67. The summed E-state index contributed by atoms with van der Waals surface area (Å²) in [6.45, 7) is 5.08. The number of hydrogen-bond donors (Lipinski definition) is 0. The Hall–Kier alpha value is -1.81. The summed E-state index contributed by atoms with van der Waals surface area (Å²) in [5.74, 6) is -0.191. The predicted molar refractivity (Wildman–Crippen MR) is 98.6 cm³/mol. The SMILES string of the molecule is CCN(C)/C=N/c1cc(C)cc(Cc2cccc(F)c2)c1SC. The maximum Gasteiger partial charge on any atom is 0.123 e. The van der Waals surface area contributed by atoms with Crippen molar-refractivity contribution in [2.75, 3.05) is 19.8 Å². The summed E-state index contributed by atoms with van der Waals surface area (Å²) >= 11 is 1.69. The fraction of sp³-hybridized carbons (Fsp3) is 0.316. The lowest BCUT2D eigenvalue weighted by Crippen LogP contribution is -2.14. The van der Waals surface area contributed by atoms with Crippen LogP contribution in [0, 0.1) is 12.7 Å². The Labute approximate surface area is 142 Å². The van der Waals surface area contributed by atoms with Crippen LogP contribution in [0.15, 0.2) is 46.3 Å². The molecule has 0 spiro atoms. The lowest BCUT2D eigenvalue weighted by atomic mass is 10.0. The lowest BCUT2D eigenvalue weighted by molar-refractivity contribution is 0.552. The molecule has 0 fully saturated rings. The van der Waals surface area contributed by atoms with E-state index in [0.717, 1.165) is 22.7 Å². The molecule has 0 saturated heterocycles. The molecule has 23 heavy (non-hydrogen) atoms. The molecule has 2 nitrogen and oxygen atoms in total. The number of aliphatic imine (C=N–C) groups is 1. The van der Waals surface area contributed by atoms with Crippen molar-refractivity contribution in [1.82, 2.24) is 4.90 Å². The smallest absolute Gasteiger partial charge is 0.123 e. The van der Waals surface area contributed by atoms with Crippen LogP contribution < -0.4 is 0 Å². The van der Waals surface area contributed by atoms with Crippen LogP contribution in [0.3, 0.4) is 0 Å². The Morgan fingerprint density at radius 3 is 2.70 bits per heavy atom. The van der Waals surface area contributed by atoms with Crippen molar-refractivity contribution < 1.29 is 4.39 Å². The van der Waals surface area contributed by atoms with E-state index < -0.39 is 0 Å². The second-order valence-corrected chi connectivity index (χ2v) is 6.42. The van der Waals surface area contributed by atoms with Crippen LogP contribution in [0.1, 0.15) is 23.6 Å². The molecule has 0 amide bonds. The van der Waals surface area contributed by atoms with Gasteiger partial charge in [0.15, 0.2) is 0 Å². The predicted octanol–water partition coefficient (Wildman–Crippen LogP) is 5.06. The summed E-state index contributed by atoms with van der Waals surface area (Å²) in [5.41, 5.74) is 4.31. The summed E-state index contributed by atoms with van der Waals surface area (Å²) in [7, 11) is 2.01. The monoisotopic (exact) mass is 330 g/mol. The highest BCUT2D eigenvalue weighted by molar-refractivity contribution is 7.98. The molecule has 0 aliphatic heterocycles. The van der Waals surface area contributed by atoms with Gasteiger partial charge in [-0.3, -0.25) is 0 Å². The molecule has 0 atom stereocenters. The zero-order valence-electron chi connectivity index (χ0n) is 14.1. The molecular formula is C19H23FN2S. The normalized spacial score (nSPS) is 11.2. The van der Waals surface area contributed by atoms with E-state index in [2.05, 4.69) is 37.2 Å². The first-order valence-electron chi connectivity index (χ1n) is 7.70. The molecular weight excluding hydrogens is 307 g/mol. The molecule has 2 rings (SSSR count). The van der Waals surface area contributed by atoms with E-state index >= 15 is 0 Å². The number of hydrogen-bond acceptors (Lipinski definition) is 2. The van der Waals surface area contributed by atoms with Gasteiger partial charge in [0.2, 0.25) is 0 Å². The second-order valence-electron chi connectivity index (χ2n) is 5.60. The number of aryl methyl sites for hydroxylation is 1. The fourth-order valence-electron chi connectivity index (χ4n) is 2.40. The zero-order chi connectivity index (χ0) is 16.8. The molecule has 2 aromatic carbocycles. The minimum atomic E-state index is -0.191. The molecule has 0 heterocycles. The third kappa shape index (κ3) is 4.83. The topological polar surface area (TPSA) is 15.6 Å². The first-order chi connectivity index (χ1) is 11.0. The maximum atomic E-state index is 13.4. The Morgan fingerprint density at radius 1 is 1.26 bits per heavy atom. The quantitative estimate of drug-likeness (QED) is 0.418. The van der Waals surface area contributed by atoms with Crippen LogP contribution in [0.25, 0.3) is 0 Å². The van der Waals surface area contributed by atoms with E-state index in [4.69, 9.17) is 0 Å². The van der Waals surface area contributed by atoms with Crippen molar-refractivity contribution in [3.05, 3.63) is 58.9 Å². The van der Waals surface area contributed by atoms with Crippen LogP contribution in [0.2, 0.25) is 0 Å². The number of rotatable bonds is 6. The summed E-state index contributed by atoms with van der Waals surface area (Å²) in [4.78, 5) is 7.83. The van der Waals surface area contributed by atoms with Crippen LogP contribution in [-0.4, -0.2) is 31.1 Å². The number of benzene rings is 2. The van der Waals surface area contributed by atoms with Crippen LogP contribution >= 0.6 is 11.8 Å². The molecule has 2 aromatic rings.